The zero-order valence-electron chi connectivity index (χ0n) is 8.12. The Balaban J connectivity index is 2.80. The molecule has 0 aliphatic rings. The van der Waals surface area contributed by atoms with Gasteiger partial charge in [-0.15, -0.1) is 0 Å². The molecular weight excluding hydrogens is 160 g/mol. The Bertz CT molecular complexity index is 295. The summed E-state index contributed by atoms with van der Waals surface area (Å²) in [4.78, 5) is 2.04. The number of nitriles is 1. The van der Waals surface area contributed by atoms with Crippen LogP contribution in [-0.2, 0) is 0 Å². The standard InChI is InChI=1S/C11H14N2/c1-3-13(9-8-12)11-6-4-10(2)5-7-11/h4-7H,3,9H2,1-2H3. The van der Waals surface area contributed by atoms with Gasteiger partial charge in [-0.3, -0.25) is 0 Å². The average Bonchev–Trinajstić information content (AvgIpc) is 2.16. The predicted octanol–water partition coefficient (Wildman–Crippen LogP) is 2.34. The third-order valence-electron chi connectivity index (χ3n) is 2.04. The number of rotatable bonds is 3. The molecule has 1 aromatic carbocycles. The van der Waals surface area contributed by atoms with E-state index in [1.807, 2.05) is 4.90 Å². The summed E-state index contributed by atoms with van der Waals surface area (Å²) in [5, 5.41) is 8.59. The Morgan fingerprint density at radius 3 is 2.38 bits per heavy atom. The van der Waals surface area contributed by atoms with Gasteiger partial charge in [0, 0.05) is 12.2 Å². The molecule has 0 aliphatic carbocycles. The van der Waals surface area contributed by atoms with Gasteiger partial charge in [-0.1, -0.05) is 17.7 Å². The second kappa shape index (κ2) is 4.51. The van der Waals surface area contributed by atoms with Crippen molar-refractivity contribution in [3.63, 3.8) is 0 Å². The smallest absolute Gasteiger partial charge is 0.105 e. The van der Waals surface area contributed by atoms with E-state index in [-0.39, 0.29) is 0 Å². The van der Waals surface area contributed by atoms with Crippen LogP contribution in [0.3, 0.4) is 0 Å². The molecule has 0 amide bonds. The second-order valence-electron chi connectivity index (χ2n) is 3.01. The average molecular weight is 174 g/mol. The van der Waals surface area contributed by atoms with Crippen molar-refractivity contribution >= 4 is 5.69 Å². The van der Waals surface area contributed by atoms with Crippen molar-refractivity contribution in [2.75, 3.05) is 18.0 Å². The molecule has 0 saturated heterocycles. The molecule has 0 spiro atoms. The monoisotopic (exact) mass is 174 g/mol. The summed E-state index contributed by atoms with van der Waals surface area (Å²) in [5.74, 6) is 0. The first-order chi connectivity index (χ1) is 6.27. The molecule has 0 saturated carbocycles. The Labute approximate surface area is 79.4 Å². The minimum absolute atomic E-state index is 0.458. The number of aryl methyl sites for hydroxylation is 1. The third kappa shape index (κ3) is 2.48. The molecule has 68 valence electrons. The summed E-state index contributed by atoms with van der Waals surface area (Å²) >= 11 is 0. The van der Waals surface area contributed by atoms with Gasteiger partial charge in [0.25, 0.3) is 0 Å². The Morgan fingerprint density at radius 1 is 1.31 bits per heavy atom. The zero-order chi connectivity index (χ0) is 9.68. The van der Waals surface area contributed by atoms with Crippen LogP contribution in [0.5, 0.6) is 0 Å². The van der Waals surface area contributed by atoms with Crippen LogP contribution in [0.4, 0.5) is 5.69 Å². The highest BCUT2D eigenvalue weighted by molar-refractivity contribution is 5.48. The van der Waals surface area contributed by atoms with Gasteiger partial charge in [0.05, 0.1) is 6.07 Å². The fourth-order valence-corrected chi connectivity index (χ4v) is 1.23. The summed E-state index contributed by atoms with van der Waals surface area (Å²) in [6.45, 7) is 5.44. The summed E-state index contributed by atoms with van der Waals surface area (Å²) in [5.41, 5.74) is 2.37. The van der Waals surface area contributed by atoms with Crippen LogP contribution in [0, 0.1) is 18.3 Å². The Kier molecular flexibility index (Phi) is 3.33. The van der Waals surface area contributed by atoms with Crippen molar-refractivity contribution in [3.05, 3.63) is 29.8 Å². The number of hydrogen-bond donors (Lipinski definition) is 0. The van der Waals surface area contributed by atoms with Gasteiger partial charge >= 0.3 is 0 Å². The van der Waals surface area contributed by atoms with Gasteiger partial charge in [-0.25, -0.2) is 0 Å². The van der Waals surface area contributed by atoms with Crippen molar-refractivity contribution in [2.24, 2.45) is 0 Å². The first-order valence-electron chi connectivity index (χ1n) is 4.46. The van der Waals surface area contributed by atoms with Crippen LogP contribution in [0.25, 0.3) is 0 Å². The first kappa shape index (κ1) is 9.60. The van der Waals surface area contributed by atoms with Crippen LogP contribution < -0.4 is 4.90 Å². The Morgan fingerprint density at radius 2 is 1.92 bits per heavy atom. The van der Waals surface area contributed by atoms with Gasteiger partial charge < -0.3 is 4.90 Å². The van der Waals surface area contributed by atoms with Crippen LogP contribution >= 0.6 is 0 Å². The van der Waals surface area contributed by atoms with Crippen molar-refractivity contribution in [3.8, 4) is 6.07 Å². The number of hydrogen-bond acceptors (Lipinski definition) is 2. The van der Waals surface area contributed by atoms with E-state index >= 15 is 0 Å². The molecular formula is C11H14N2. The van der Waals surface area contributed by atoms with Gasteiger partial charge in [0.15, 0.2) is 0 Å². The maximum Gasteiger partial charge on any atom is 0.105 e. The molecule has 0 bridgehead atoms. The predicted molar refractivity (Wildman–Crippen MR) is 54.7 cm³/mol. The van der Waals surface area contributed by atoms with E-state index in [2.05, 4.69) is 44.2 Å². The minimum atomic E-state index is 0.458. The lowest BCUT2D eigenvalue weighted by molar-refractivity contribution is 0.911. The zero-order valence-corrected chi connectivity index (χ0v) is 8.12. The molecule has 0 N–H and O–H groups in total. The number of nitrogens with zero attached hydrogens (tertiary/aromatic N) is 2. The maximum atomic E-state index is 8.59. The second-order valence-corrected chi connectivity index (χ2v) is 3.01. The molecule has 0 unspecified atom stereocenters. The van der Waals surface area contributed by atoms with E-state index in [0.717, 1.165) is 12.2 Å². The first-order valence-corrected chi connectivity index (χ1v) is 4.46. The topological polar surface area (TPSA) is 27.0 Å². The molecule has 2 heteroatoms. The van der Waals surface area contributed by atoms with E-state index in [0.29, 0.717) is 6.54 Å². The van der Waals surface area contributed by atoms with Gasteiger partial charge in [-0.05, 0) is 26.0 Å². The largest absolute Gasteiger partial charge is 0.358 e. The van der Waals surface area contributed by atoms with Gasteiger partial charge in [0.1, 0.15) is 6.54 Å². The summed E-state index contributed by atoms with van der Waals surface area (Å²) in [6, 6.07) is 10.4. The summed E-state index contributed by atoms with van der Waals surface area (Å²) < 4.78 is 0. The minimum Gasteiger partial charge on any atom is -0.358 e. The van der Waals surface area contributed by atoms with Crippen LogP contribution in [0.2, 0.25) is 0 Å². The molecule has 13 heavy (non-hydrogen) atoms. The van der Waals surface area contributed by atoms with E-state index in [4.69, 9.17) is 5.26 Å². The molecule has 0 radical (unpaired) electrons. The quantitative estimate of drug-likeness (QED) is 0.658. The lowest BCUT2D eigenvalue weighted by Crippen LogP contribution is -2.22. The molecule has 1 rings (SSSR count). The van der Waals surface area contributed by atoms with E-state index < -0.39 is 0 Å². The van der Waals surface area contributed by atoms with E-state index in [9.17, 15) is 0 Å². The third-order valence-corrected chi connectivity index (χ3v) is 2.04. The molecule has 0 aromatic heterocycles. The highest BCUT2D eigenvalue weighted by Crippen LogP contribution is 2.13. The van der Waals surface area contributed by atoms with E-state index in [1.165, 1.54) is 5.56 Å². The summed E-state index contributed by atoms with van der Waals surface area (Å²) in [6.07, 6.45) is 0. The molecule has 0 atom stereocenters. The highest BCUT2D eigenvalue weighted by atomic mass is 15.1. The van der Waals surface area contributed by atoms with Crippen LogP contribution in [-0.4, -0.2) is 13.1 Å². The lowest BCUT2D eigenvalue weighted by atomic mass is 10.2. The van der Waals surface area contributed by atoms with E-state index in [1.54, 1.807) is 0 Å². The normalized spacial score (nSPS) is 9.31. The summed E-state index contributed by atoms with van der Waals surface area (Å²) in [7, 11) is 0. The van der Waals surface area contributed by atoms with Gasteiger partial charge in [-0.2, -0.15) is 5.26 Å². The molecule has 1 aromatic rings. The van der Waals surface area contributed by atoms with Crippen molar-refractivity contribution < 1.29 is 0 Å². The molecule has 2 nitrogen and oxygen atoms in total. The van der Waals surface area contributed by atoms with Crippen molar-refractivity contribution in [1.82, 2.24) is 0 Å². The lowest BCUT2D eigenvalue weighted by Gasteiger charge is -2.19. The van der Waals surface area contributed by atoms with Crippen molar-refractivity contribution in [1.29, 1.82) is 5.26 Å². The van der Waals surface area contributed by atoms with Crippen molar-refractivity contribution in [2.45, 2.75) is 13.8 Å². The number of benzene rings is 1. The van der Waals surface area contributed by atoms with Crippen LogP contribution in [0.15, 0.2) is 24.3 Å². The number of anilines is 1. The maximum absolute atomic E-state index is 8.59. The van der Waals surface area contributed by atoms with Gasteiger partial charge in [0.2, 0.25) is 0 Å². The molecule has 0 aliphatic heterocycles. The Hall–Kier alpha value is -1.49. The molecule has 0 fully saturated rings. The van der Waals surface area contributed by atoms with Crippen LogP contribution in [0.1, 0.15) is 12.5 Å². The fourth-order valence-electron chi connectivity index (χ4n) is 1.23. The SMILES string of the molecule is CCN(CC#N)c1ccc(C)cc1. The highest BCUT2D eigenvalue weighted by Gasteiger charge is 2.01. The fraction of sp³-hybridized carbons (Fsp3) is 0.364. The molecule has 0 heterocycles.